The summed E-state index contributed by atoms with van der Waals surface area (Å²) < 4.78 is 18.9. The smallest absolute Gasteiger partial charge is 0.410 e. The number of ether oxygens (including phenoxy) is 1. The standard InChI is InChI=1S/C20H21FN2O2/c21-17-7-5-16(6-8-17)19-18-4-2-1-3-15(18)9-10-23(19)20(24)25-13-14-11-22-12-14/h1-8,14,19,22H,9-13H2/t19-/m0/s1. The maximum Gasteiger partial charge on any atom is 0.410 e. The van der Waals surface area contributed by atoms with E-state index in [0.717, 1.165) is 30.6 Å². The van der Waals surface area contributed by atoms with Gasteiger partial charge in [0.1, 0.15) is 5.82 Å². The molecule has 4 nitrogen and oxygen atoms in total. The molecule has 2 aromatic carbocycles. The number of carbonyl (C=O) groups is 1. The average Bonchev–Trinajstić information content (AvgIpc) is 2.60. The highest BCUT2D eigenvalue weighted by Crippen LogP contribution is 2.35. The van der Waals surface area contributed by atoms with Crippen molar-refractivity contribution in [2.45, 2.75) is 12.5 Å². The topological polar surface area (TPSA) is 41.6 Å². The second kappa shape index (κ2) is 6.84. The van der Waals surface area contributed by atoms with E-state index in [1.807, 2.05) is 18.2 Å². The van der Waals surface area contributed by atoms with Gasteiger partial charge in [-0.25, -0.2) is 9.18 Å². The molecule has 1 N–H and O–H groups in total. The molecule has 0 saturated carbocycles. The Hall–Kier alpha value is -2.40. The lowest BCUT2D eigenvalue weighted by Gasteiger charge is -2.37. The van der Waals surface area contributed by atoms with Gasteiger partial charge in [0.15, 0.2) is 0 Å². The first-order valence-corrected chi connectivity index (χ1v) is 8.70. The largest absolute Gasteiger partial charge is 0.449 e. The summed E-state index contributed by atoms with van der Waals surface area (Å²) in [6, 6.07) is 14.3. The van der Waals surface area contributed by atoms with Crippen molar-refractivity contribution >= 4 is 6.09 Å². The van der Waals surface area contributed by atoms with Crippen LogP contribution in [0.25, 0.3) is 0 Å². The number of fused-ring (bicyclic) bond motifs is 1. The molecule has 2 heterocycles. The molecule has 1 fully saturated rings. The van der Waals surface area contributed by atoms with Crippen LogP contribution in [-0.4, -0.2) is 37.2 Å². The number of amides is 1. The number of benzene rings is 2. The fraction of sp³-hybridized carbons (Fsp3) is 0.350. The fourth-order valence-electron chi connectivity index (χ4n) is 3.51. The predicted molar refractivity (Wildman–Crippen MR) is 92.8 cm³/mol. The van der Waals surface area contributed by atoms with Crippen LogP contribution in [0.2, 0.25) is 0 Å². The number of hydrogen-bond acceptors (Lipinski definition) is 3. The Morgan fingerprint density at radius 1 is 1.16 bits per heavy atom. The first kappa shape index (κ1) is 16.1. The first-order chi connectivity index (χ1) is 12.2. The van der Waals surface area contributed by atoms with Crippen LogP contribution < -0.4 is 5.32 Å². The van der Waals surface area contributed by atoms with Gasteiger partial charge in [0.25, 0.3) is 0 Å². The maximum atomic E-state index is 13.3. The van der Waals surface area contributed by atoms with Crippen LogP contribution in [0.5, 0.6) is 0 Å². The van der Waals surface area contributed by atoms with Crippen LogP contribution in [0.3, 0.4) is 0 Å². The van der Waals surface area contributed by atoms with Gasteiger partial charge in [-0.2, -0.15) is 0 Å². The minimum atomic E-state index is -0.296. The lowest BCUT2D eigenvalue weighted by Crippen LogP contribution is -2.46. The third-order valence-electron chi connectivity index (χ3n) is 5.01. The van der Waals surface area contributed by atoms with Gasteiger partial charge in [0.05, 0.1) is 12.6 Å². The van der Waals surface area contributed by atoms with E-state index >= 15 is 0 Å². The highest BCUT2D eigenvalue weighted by Gasteiger charge is 2.33. The van der Waals surface area contributed by atoms with Gasteiger partial charge in [0, 0.05) is 25.6 Å². The molecule has 130 valence electrons. The van der Waals surface area contributed by atoms with Gasteiger partial charge in [-0.3, -0.25) is 4.90 Å². The molecule has 0 aromatic heterocycles. The zero-order chi connectivity index (χ0) is 17.2. The lowest BCUT2D eigenvalue weighted by atomic mass is 9.88. The Labute approximate surface area is 146 Å². The lowest BCUT2D eigenvalue weighted by molar-refractivity contribution is 0.0675. The summed E-state index contributed by atoms with van der Waals surface area (Å²) in [6.07, 6.45) is 0.504. The average molecular weight is 340 g/mol. The van der Waals surface area contributed by atoms with Crippen molar-refractivity contribution in [1.29, 1.82) is 0 Å². The van der Waals surface area contributed by atoms with E-state index in [9.17, 15) is 9.18 Å². The molecular weight excluding hydrogens is 319 g/mol. The van der Waals surface area contributed by atoms with Gasteiger partial charge in [0.2, 0.25) is 0 Å². The van der Waals surface area contributed by atoms with Gasteiger partial charge in [-0.05, 0) is 35.2 Å². The van der Waals surface area contributed by atoms with E-state index in [1.165, 1.54) is 17.7 Å². The summed E-state index contributed by atoms with van der Waals surface area (Å²) in [5, 5.41) is 3.18. The number of nitrogens with one attached hydrogen (secondary N) is 1. The van der Waals surface area contributed by atoms with Gasteiger partial charge >= 0.3 is 6.09 Å². The zero-order valence-electron chi connectivity index (χ0n) is 14.0. The molecule has 0 spiro atoms. The minimum absolute atomic E-state index is 0.238. The molecule has 25 heavy (non-hydrogen) atoms. The van der Waals surface area contributed by atoms with Crippen molar-refractivity contribution in [2.24, 2.45) is 5.92 Å². The maximum absolute atomic E-state index is 13.3. The third-order valence-corrected chi connectivity index (χ3v) is 5.01. The molecule has 1 atom stereocenters. The molecule has 2 aliphatic rings. The van der Waals surface area contributed by atoms with E-state index < -0.39 is 0 Å². The molecule has 1 saturated heterocycles. The van der Waals surface area contributed by atoms with Gasteiger partial charge < -0.3 is 10.1 Å². The molecule has 0 aliphatic carbocycles. The van der Waals surface area contributed by atoms with Crippen molar-refractivity contribution in [3.63, 3.8) is 0 Å². The molecule has 1 amide bonds. The Kier molecular flexibility index (Phi) is 4.40. The molecule has 0 radical (unpaired) electrons. The second-order valence-electron chi connectivity index (χ2n) is 6.70. The summed E-state index contributed by atoms with van der Waals surface area (Å²) in [5.74, 6) is 0.129. The van der Waals surface area contributed by atoms with Crippen LogP contribution >= 0.6 is 0 Å². The van der Waals surface area contributed by atoms with Crippen LogP contribution in [0.4, 0.5) is 9.18 Å². The minimum Gasteiger partial charge on any atom is -0.449 e. The van der Waals surface area contributed by atoms with Gasteiger partial charge in [-0.15, -0.1) is 0 Å². The molecule has 2 aliphatic heterocycles. The van der Waals surface area contributed by atoms with Crippen LogP contribution in [-0.2, 0) is 11.2 Å². The highest BCUT2D eigenvalue weighted by atomic mass is 19.1. The van der Waals surface area contributed by atoms with Crippen molar-refractivity contribution < 1.29 is 13.9 Å². The summed E-state index contributed by atoms with van der Waals surface area (Å²) in [6.45, 7) is 2.84. The first-order valence-electron chi connectivity index (χ1n) is 8.70. The summed E-state index contributed by atoms with van der Waals surface area (Å²) >= 11 is 0. The monoisotopic (exact) mass is 340 g/mol. The van der Waals surface area contributed by atoms with E-state index in [0.29, 0.717) is 19.1 Å². The Morgan fingerprint density at radius 2 is 1.92 bits per heavy atom. The molecule has 2 aromatic rings. The van der Waals surface area contributed by atoms with Crippen molar-refractivity contribution in [2.75, 3.05) is 26.2 Å². The Balaban J connectivity index is 1.62. The fourth-order valence-corrected chi connectivity index (χ4v) is 3.51. The summed E-state index contributed by atoms with van der Waals surface area (Å²) in [5.41, 5.74) is 3.21. The van der Waals surface area contributed by atoms with Crippen molar-refractivity contribution in [3.8, 4) is 0 Å². The molecule has 4 rings (SSSR count). The predicted octanol–water partition coefficient (Wildman–Crippen LogP) is 3.13. The number of nitrogens with zero attached hydrogens (tertiary/aromatic N) is 1. The van der Waals surface area contributed by atoms with Crippen LogP contribution in [0.1, 0.15) is 22.7 Å². The second-order valence-corrected chi connectivity index (χ2v) is 6.70. The normalized spacial score (nSPS) is 19.9. The van der Waals surface area contributed by atoms with Crippen molar-refractivity contribution in [3.05, 3.63) is 71.0 Å². The SMILES string of the molecule is O=C(OCC1CNC1)N1CCc2ccccc2[C@@H]1c1ccc(F)cc1. The number of carbonyl (C=O) groups excluding carboxylic acids is 1. The molecular formula is C20H21FN2O2. The van der Waals surface area contributed by atoms with Crippen molar-refractivity contribution in [1.82, 2.24) is 10.2 Å². The van der Waals surface area contributed by atoms with E-state index in [4.69, 9.17) is 4.74 Å². The van der Waals surface area contributed by atoms with E-state index in [-0.39, 0.29) is 18.0 Å². The Morgan fingerprint density at radius 3 is 2.64 bits per heavy atom. The Bertz CT molecular complexity index is 759. The van der Waals surface area contributed by atoms with Gasteiger partial charge in [-0.1, -0.05) is 36.4 Å². The van der Waals surface area contributed by atoms with Crippen LogP contribution in [0, 0.1) is 11.7 Å². The number of halogens is 1. The zero-order valence-corrected chi connectivity index (χ0v) is 14.0. The highest BCUT2D eigenvalue weighted by molar-refractivity contribution is 5.70. The summed E-state index contributed by atoms with van der Waals surface area (Å²) in [7, 11) is 0. The molecule has 5 heteroatoms. The number of rotatable bonds is 3. The molecule has 0 unspecified atom stereocenters. The summed E-state index contributed by atoms with van der Waals surface area (Å²) in [4.78, 5) is 14.5. The number of hydrogen-bond donors (Lipinski definition) is 1. The molecule has 0 bridgehead atoms. The van der Waals surface area contributed by atoms with E-state index in [2.05, 4.69) is 11.4 Å². The van der Waals surface area contributed by atoms with E-state index in [1.54, 1.807) is 17.0 Å². The van der Waals surface area contributed by atoms with Crippen LogP contribution in [0.15, 0.2) is 48.5 Å². The third kappa shape index (κ3) is 3.24. The quantitative estimate of drug-likeness (QED) is 0.933.